The summed E-state index contributed by atoms with van der Waals surface area (Å²) in [5.74, 6) is -0.0662. The molecule has 0 saturated carbocycles. The van der Waals surface area contributed by atoms with Gasteiger partial charge in [-0.25, -0.2) is 0 Å². The zero-order valence-corrected chi connectivity index (χ0v) is 23.1. The van der Waals surface area contributed by atoms with Gasteiger partial charge in [-0.1, -0.05) is 0 Å². The topological polar surface area (TPSA) is 0 Å². The normalized spacial score (nSPS) is 15.4. The molecule has 1 aliphatic rings. The van der Waals surface area contributed by atoms with Gasteiger partial charge < -0.3 is 24.8 Å². The molecule has 0 bridgehead atoms. The van der Waals surface area contributed by atoms with Gasteiger partial charge in [-0.2, -0.15) is 0 Å². The van der Waals surface area contributed by atoms with Gasteiger partial charge in [-0.3, -0.25) is 0 Å². The van der Waals surface area contributed by atoms with E-state index in [4.69, 9.17) is 0 Å². The van der Waals surface area contributed by atoms with E-state index in [1.807, 2.05) is 0 Å². The predicted molar refractivity (Wildman–Crippen MR) is 113 cm³/mol. The van der Waals surface area contributed by atoms with E-state index < -0.39 is 8.07 Å². The standard InChI is InChI=1S/C20H23Si.C2H6Si.2ClH.Zr/c1-5-15-13-17-7-6-8-19(20(17)14-15)16-9-11-18(12-10-16)21(2,3)4;1-3-2;;;/h6-14H,5H2,1-4H3;1-2H3;2*1H;/q;;;;+2/p-2. The maximum atomic E-state index is 2.54. The Hall–Kier alpha value is 0.0769. The third kappa shape index (κ3) is 5.57. The molecule has 0 fully saturated rings. The van der Waals surface area contributed by atoms with Gasteiger partial charge >= 0.3 is 168 Å². The SMILES string of the molecule is CCC1=Cc2c(-c3ccc([Si](C)(C)C)cc3)cccc2[CH]1[Zr+2][Si](C)C.[Cl-].[Cl-]. The Morgan fingerprint density at radius 3 is 2.11 bits per heavy atom. The van der Waals surface area contributed by atoms with Crippen molar-refractivity contribution in [2.45, 2.75) is 49.7 Å². The van der Waals surface area contributed by atoms with Crippen LogP contribution in [0.25, 0.3) is 17.2 Å². The summed E-state index contributed by atoms with van der Waals surface area (Å²) >= 11 is -0.336. The molecule has 2 aromatic rings. The van der Waals surface area contributed by atoms with Crippen LogP contribution in [0.15, 0.2) is 48.0 Å². The van der Waals surface area contributed by atoms with E-state index in [-0.39, 0.29) is 53.1 Å². The molecule has 2 aromatic carbocycles. The van der Waals surface area contributed by atoms with Crippen LogP contribution in [0.1, 0.15) is 28.1 Å². The van der Waals surface area contributed by atoms with Gasteiger partial charge in [0.15, 0.2) is 0 Å². The van der Waals surface area contributed by atoms with Crippen molar-refractivity contribution in [3.8, 4) is 11.1 Å². The second kappa shape index (κ2) is 10.2. The van der Waals surface area contributed by atoms with Crippen LogP contribution in [0.2, 0.25) is 32.7 Å². The summed E-state index contributed by atoms with van der Waals surface area (Å²) in [6, 6.07) is 16.5. The average molecular weight is 512 g/mol. The monoisotopic (exact) mass is 509 g/mol. The minimum Gasteiger partial charge on any atom is -1.00 e. The van der Waals surface area contributed by atoms with Gasteiger partial charge in [-0.05, 0) is 0 Å². The third-order valence-electron chi connectivity index (χ3n) is 5.05. The molecule has 1 radical (unpaired) electrons. The number of hydrogen-bond donors (Lipinski definition) is 0. The van der Waals surface area contributed by atoms with Crippen molar-refractivity contribution in [1.82, 2.24) is 0 Å². The minimum atomic E-state index is -1.23. The van der Waals surface area contributed by atoms with Crippen molar-refractivity contribution in [1.29, 1.82) is 0 Å². The molecule has 0 nitrogen and oxygen atoms in total. The van der Waals surface area contributed by atoms with E-state index in [2.05, 4.69) is 88.2 Å². The molecule has 0 N–H and O–H groups in total. The second-order valence-corrected chi connectivity index (χ2v) is 26.6. The summed E-state index contributed by atoms with van der Waals surface area (Å²) in [5.41, 5.74) is 7.69. The molecule has 1 aliphatic carbocycles. The molecular weight excluding hydrogens is 483 g/mol. The van der Waals surface area contributed by atoms with Crippen LogP contribution in [0, 0.1) is 0 Å². The largest absolute Gasteiger partial charge is 1.00 e. The first-order valence-corrected chi connectivity index (χ1v) is 20.4. The zero-order chi connectivity index (χ0) is 18.2. The fourth-order valence-corrected chi connectivity index (χ4v) is 13.8. The number of halogens is 2. The van der Waals surface area contributed by atoms with Crippen molar-refractivity contribution >= 4 is 25.3 Å². The van der Waals surface area contributed by atoms with E-state index in [1.165, 1.54) is 23.1 Å². The van der Waals surface area contributed by atoms with Crippen LogP contribution >= 0.6 is 0 Å². The maximum Gasteiger partial charge on any atom is -1.00 e. The summed E-state index contributed by atoms with van der Waals surface area (Å²) in [7, 11) is -1.23. The number of hydrogen-bond acceptors (Lipinski definition) is 0. The summed E-state index contributed by atoms with van der Waals surface area (Å²) in [6.07, 6.45) is 3.75. The third-order valence-corrected chi connectivity index (χ3v) is 16.0. The van der Waals surface area contributed by atoms with E-state index in [0.29, 0.717) is 0 Å². The van der Waals surface area contributed by atoms with E-state index in [0.717, 1.165) is 3.63 Å². The fourth-order valence-electron chi connectivity index (χ4n) is 3.63. The van der Waals surface area contributed by atoms with E-state index in [1.54, 1.807) is 16.3 Å². The average Bonchev–Trinajstić information content (AvgIpc) is 2.91. The van der Waals surface area contributed by atoms with E-state index >= 15 is 0 Å². The van der Waals surface area contributed by atoms with E-state index in [9.17, 15) is 0 Å². The molecule has 0 aliphatic heterocycles. The van der Waals surface area contributed by atoms with Gasteiger partial charge in [0, 0.05) is 0 Å². The second-order valence-electron chi connectivity index (χ2n) is 8.29. The Kier molecular flexibility index (Phi) is 9.50. The van der Waals surface area contributed by atoms with Crippen molar-refractivity contribution in [2.24, 2.45) is 0 Å². The molecule has 0 saturated heterocycles. The first-order valence-electron chi connectivity index (χ1n) is 9.32. The molecule has 1 unspecified atom stereocenters. The summed E-state index contributed by atoms with van der Waals surface area (Å²) in [5, 5.41) is 1.55. The Morgan fingerprint density at radius 2 is 1.59 bits per heavy atom. The predicted octanol–water partition coefficient (Wildman–Crippen LogP) is 0.0885. The first-order chi connectivity index (χ1) is 11.8. The Balaban J connectivity index is 0.00000182. The molecule has 0 heterocycles. The molecule has 1 atom stereocenters. The van der Waals surface area contributed by atoms with Crippen LogP contribution in [0.4, 0.5) is 0 Å². The van der Waals surface area contributed by atoms with Gasteiger partial charge in [0.05, 0.1) is 0 Å². The smallest absolute Gasteiger partial charge is 1.00 e. The van der Waals surface area contributed by atoms with Crippen molar-refractivity contribution in [2.75, 3.05) is 0 Å². The molecule has 27 heavy (non-hydrogen) atoms. The van der Waals surface area contributed by atoms with Crippen LogP contribution < -0.4 is 30.0 Å². The molecule has 143 valence electrons. The molecule has 0 amide bonds. The number of rotatable bonds is 5. The number of allylic oxidation sites excluding steroid dienone is 1. The minimum absolute atomic E-state index is 0. The van der Waals surface area contributed by atoms with Crippen LogP contribution in [0.3, 0.4) is 0 Å². The fraction of sp³-hybridized carbons (Fsp3) is 0.364. The molecule has 3 rings (SSSR count). The van der Waals surface area contributed by atoms with Crippen molar-refractivity contribution < 1.29 is 47.2 Å². The van der Waals surface area contributed by atoms with Crippen LogP contribution in [-0.4, -0.2) is 14.0 Å². The Morgan fingerprint density at radius 1 is 0.963 bits per heavy atom. The first kappa shape index (κ1) is 25.1. The van der Waals surface area contributed by atoms with Gasteiger partial charge in [0.2, 0.25) is 0 Å². The van der Waals surface area contributed by atoms with Crippen LogP contribution in [0.5, 0.6) is 0 Å². The number of fused-ring (bicyclic) bond motifs is 1. The number of benzene rings is 2. The quantitative estimate of drug-likeness (QED) is 0.500. The zero-order valence-electron chi connectivity index (χ0n) is 17.2. The summed E-state index contributed by atoms with van der Waals surface area (Å²) < 4.78 is 0.827. The molecular formula is C22H29Cl2Si2Zr. The van der Waals surface area contributed by atoms with Gasteiger partial charge in [0.1, 0.15) is 0 Å². The van der Waals surface area contributed by atoms with Gasteiger partial charge in [-0.15, -0.1) is 0 Å². The van der Waals surface area contributed by atoms with Crippen LogP contribution in [-0.2, 0) is 22.4 Å². The molecule has 0 spiro atoms. The van der Waals surface area contributed by atoms with Crippen molar-refractivity contribution in [3.05, 3.63) is 59.2 Å². The Labute approximate surface area is 191 Å². The maximum absolute atomic E-state index is 2.54. The Bertz CT molecular complexity index is 793. The summed E-state index contributed by atoms with van der Waals surface area (Å²) in [6.45, 7) is 14.6. The molecule has 5 heteroatoms. The summed E-state index contributed by atoms with van der Waals surface area (Å²) in [4.78, 5) is 0. The molecule has 0 aromatic heterocycles. The van der Waals surface area contributed by atoms with Crippen molar-refractivity contribution in [3.63, 3.8) is 0 Å². The van der Waals surface area contributed by atoms with Gasteiger partial charge in [0.25, 0.3) is 0 Å².